The van der Waals surface area contributed by atoms with E-state index in [0.717, 1.165) is 16.5 Å². The number of rotatable bonds is 9. The Hall–Kier alpha value is -2.05. The van der Waals surface area contributed by atoms with Gasteiger partial charge in [0, 0.05) is 22.1 Å². The molecule has 0 fully saturated rings. The van der Waals surface area contributed by atoms with E-state index < -0.39 is 6.04 Å². The number of halogens is 2. The van der Waals surface area contributed by atoms with E-state index in [1.54, 1.807) is 31.2 Å². The number of carbonyl (C=O) groups is 2. The summed E-state index contributed by atoms with van der Waals surface area (Å²) in [6.45, 7) is 5.75. The molecule has 2 aromatic carbocycles. The van der Waals surface area contributed by atoms with Crippen LogP contribution in [-0.2, 0) is 16.1 Å². The van der Waals surface area contributed by atoms with Crippen molar-refractivity contribution in [2.45, 2.75) is 45.8 Å². The molecule has 2 rings (SSSR count). The Balaban J connectivity index is 2.14. The second-order valence-electron chi connectivity index (χ2n) is 6.89. The van der Waals surface area contributed by atoms with Gasteiger partial charge in [0.1, 0.15) is 11.8 Å². The highest BCUT2D eigenvalue weighted by Gasteiger charge is 2.27. The van der Waals surface area contributed by atoms with E-state index in [9.17, 15) is 9.59 Å². The van der Waals surface area contributed by atoms with E-state index in [1.165, 1.54) is 4.90 Å². The van der Waals surface area contributed by atoms with E-state index in [0.29, 0.717) is 10.8 Å². The third kappa shape index (κ3) is 7.37. The van der Waals surface area contributed by atoms with Gasteiger partial charge in [0.15, 0.2) is 6.61 Å². The molecule has 29 heavy (non-hydrogen) atoms. The molecule has 0 saturated heterocycles. The summed E-state index contributed by atoms with van der Waals surface area (Å²) in [5.41, 5.74) is 0.845. The van der Waals surface area contributed by atoms with Crippen LogP contribution in [0.2, 0.25) is 5.02 Å². The van der Waals surface area contributed by atoms with Crippen LogP contribution in [0.1, 0.15) is 32.8 Å². The quantitative estimate of drug-likeness (QED) is 0.559. The molecule has 0 heterocycles. The molecule has 2 atom stereocenters. The van der Waals surface area contributed by atoms with Gasteiger partial charge in [-0.3, -0.25) is 9.59 Å². The van der Waals surface area contributed by atoms with Crippen LogP contribution in [0.25, 0.3) is 0 Å². The van der Waals surface area contributed by atoms with Gasteiger partial charge in [-0.25, -0.2) is 0 Å². The summed E-state index contributed by atoms with van der Waals surface area (Å²) in [6.07, 6.45) is 0.813. The molecule has 0 saturated carbocycles. The molecule has 0 unspecified atom stereocenters. The van der Waals surface area contributed by atoms with Gasteiger partial charge in [0.2, 0.25) is 5.91 Å². The highest BCUT2D eigenvalue weighted by molar-refractivity contribution is 9.10. The Morgan fingerprint density at radius 1 is 1.17 bits per heavy atom. The van der Waals surface area contributed by atoms with Crippen LogP contribution in [0, 0.1) is 0 Å². The van der Waals surface area contributed by atoms with E-state index in [4.69, 9.17) is 16.3 Å². The van der Waals surface area contributed by atoms with Crippen molar-refractivity contribution in [3.8, 4) is 5.75 Å². The molecule has 0 spiro atoms. The fraction of sp³-hybridized carbons (Fsp3) is 0.364. The molecule has 2 amide bonds. The number of amides is 2. The molecular weight excluding hydrogens is 456 g/mol. The predicted octanol–water partition coefficient (Wildman–Crippen LogP) is 4.81. The van der Waals surface area contributed by atoms with Crippen LogP contribution in [0.5, 0.6) is 5.75 Å². The molecule has 2 aromatic rings. The van der Waals surface area contributed by atoms with Crippen molar-refractivity contribution in [2.24, 2.45) is 0 Å². The molecule has 0 aliphatic carbocycles. The van der Waals surface area contributed by atoms with Gasteiger partial charge in [-0.1, -0.05) is 46.6 Å². The molecular formula is C22H26BrClN2O3. The van der Waals surface area contributed by atoms with E-state index in [-0.39, 0.29) is 31.0 Å². The van der Waals surface area contributed by atoms with E-state index in [2.05, 4.69) is 21.2 Å². The number of benzene rings is 2. The number of nitrogens with one attached hydrogen (secondary N) is 1. The van der Waals surface area contributed by atoms with Gasteiger partial charge in [-0.15, -0.1) is 0 Å². The standard InChI is InChI=1S/C22H26BrClN2O3/c1-4-15(2)25-22(28)16(3)26(13-17-6-5-7-19(24)12-17)21(27)14-29-20-10-8-18(23)9-11-20/h5-12,15-16H,4,13-14H2,1-3H3,(H,25,28)/t15-,16-/m0/s1. The van der Waals surface area contributed by atoms with Gasteiger partial charge in [0.05, 0.1) is 0 Å². The average Bonchev–Trinajstić information content (AvgIpc) is 2.70. The summed E-state index contributed by atoms with van der Waals surface area (Å²) in [5, 5.41) is 3.52. The van der Waals surface area contributed by atoms with Crippen molar-refractivity contribution < 1.29 is 14.3 Å². The SMILES string of the molecule is CC[C@H](C)NC(=O)[C@H](C)N(Cc1cccc(Cl)c1)C(=O)COc1ccc(Br)cc1. The molecule has 5 nitrogen and oxygen atoms in total. The van der Waals surface area contributed by atoms with Gasteiger partial charge in [-0.05, 0) is 62.2 Å². The Morgan fingerprint density at radius 3 is 2.48 bits per heavy atom. The minimum atomic E-state index is -0.649. The molecule has 0 radical (unpaired) electrons. The zero-order chi connectivity index (χ0) is 21.4. The lowest BCUT2D eigenvalue weighted by Crippen LogP contribution is -2.50. The van der Waals surface area contributed by atoms with Crippen molar-refractivity contribution in [3.63, 3.8) is 0 Å². The number of hydrogen-bond donors (Lipinski definition) is 1. The topological polar surface area (TPSA) is 58.6 Å². The Kier molecular flexibility index (Phi) is 8.99. The summed E-state index contributed by atoms with van der Waals surface area (Å²) in [6, 6.07) is 13.9. The maximum atomic E-state index is 13.0. The Labute approximate surface area is 185 Å². The zero-order valence-electron chi connectivity index (χ0n) is 16.8. The molecule has 0 bridgehead atoms. The van der Waals surface area contributed by atoms with Crippen molar-refractivity contribution in [2.75, 3.05) is 6.61 Å². The van der Waals surface area contributed by atoms with Gasteiger partial charge in [-0.2, -0.15) is 0 Å². The highest BCUT2D eigenvalue weighted by Crippen LogP contribution is 2.18. The number of nitrogens with zero attached hydrogens (tertiary/aromatic N) is 1. The second-order valence-corrected chi connectivity index (χ2v) is 8.24. The maximum absolute atomic E-state index is 13.0. The largest absolute Gasteiger partial charge is 0.484 e. The summed E-state index contributed by atoms with van der Waals surface area (Å²) < 4.78 is 6.55. The number of hydrogen-bond acceptors (Lipinski definition) is 3. The Morgan fingerprint density at radius 2 is 1.86 bits per heavy atom. The first-order valence-corrected chi connectivity index (χ1v) is 10.7. The zero-order valence-corrected chi connectivity index (χ0v) is 19.2. The third-order valence-corrected chi connectivity index (χ3v) is 5.35. The molecule has 0 aliphatic rings. The van der Waals surface area contributed by atoms with Crippen molar-refractivity contribution >= 4 is 39.3 Å². The number of ether oxygens (including phenoxy) is 1. The summed E-state index contributed by atoms with van der Waals surface area (Å²) in [4.78, 5) is 27.1. The van der Waals surface area contributed by atoms with Crippen LogP contribution < -0.4 is 10.1 Å². The fourth-order valence-electron chi connectivity index (χ4n) is 2.64. The molecule has 0 aromatic heterocycles. The smallest absolute Gasteiger partial charge is 0.261 e. The second kappa shape index (κ2) is 11.2. The first-order valence-electron chi connectivity index (χ1n) is 9.52. The van der Waals surface area contributed by atoms with Crippen LogP contribution in [0.4, 0.5) is 0 Å². The lowest BCUT2D eigenvalue weighted by atomic mass is 10.1. The predicted molar refractivity (Wildman–Crippen MR) is 119 cm³/mol. The van der Waals surface area contributed by atoms with Gasteiger partial charge < -0.3 is 15.0 Å². The first kappa shape index (κ1) is 23.2. The van der Waals surface area contributed by atoms with Crippen molar-refractivity contribution in [1.29, 1.82) is 0 Å². The lowest BCUT2D eigenvalue weighted by Gasteiger charge is -2.29. The van der Waals surface area contributed by atoms with Crippen LogP contribution in [0.3, 0.4) is 0 Å². The van der Waals surface area contributed by atoms with E-state index in [1.807, 2.05) is 38.1 Å². The minimum absolute atomic E-state index is 0.0343. The van der Waals surface area contributed by atoms with Crippen molar-refractivity contribution in [1.82, 2.24) is 10.2 Å². The molecule has 7 heteroatoms. The van der Waals surface area contributed by atoms with Gasteiger partial charge in [0.25, 0.3) is 5.91 Å². The minimum Gasteiger partial charge on any atom is -0.484 e. The average molecular weight is 482 g/mol. The summed E-state index contributed by atoms with van der Waals surface area (Å²) >= 11 is 9.45. The third-order valence-electron chi connectivity index (χ3n) is 4.59. The van der Waals surface area contributed by atoms with Gasteiger partial charge >= 0.3 is 0 Å². The van der Waals surface area contributed by atoms with Crippen molar-refractivity contribution in [3.05, 3.63) is 63.6 Å². The maximum Gasteiger partial charge on any atom is 0.261 e. The number of carbonyl (C=O) groups excluding carboxylic acids is 2. The van der Waals surface area contributed by atoms with Crippen LogP contribution in [-0.4, -0.2) is 35.4 Å². The lowest BCUT2D eigenvalue weighted by molar-refractivity contribution is -0.142. The first-order chi connectivity index (χ1) is 13.8. The molecule has 1 N–H and O–H groups in total. The monoisotopic (exact) mass is 480 g/mol. The normalized spacial score (nSPS) is 12.7. The highest BCUT2D eigenvalue weighted by atomic mass is 79.9. The summed E-state index contributed by atoms with van der Waals surface area (Å²) in [5.74, 6) is 0.110. The molecule has 156 valence electrons. The molecule has 0 aliphatic heterocycles. The fourth-order valence-corrected chi connectivity index (χ4v) is 3.12. The summed E-state index contributed by atoms with van der Waals surface area (Å²) in [7, 11) is 0. The Bertz CT molecular complexity index is 829. The van der Waals surface area contributed by atoms with Crippen LogP contribution >= 0.6 is 27.5 Å². The van der Waals surface area contributed by atoms with Crippen LogP contribution in [0.15, 0.2) is 53.0 Å². The van der Waals surface area contributed by atoms with E-state index >= 15 is 0 Å².